The van der Waals surface area contributed by atoms with Crippen LogP contribution in [0.2, 0.25) is 0 Å². The van der Waals surface area contributed by atoms with Crippen molar-refractivity contribution >= 4 is 11.8 Å². The molecule has 0 spiro atoms. The molecule has 138 valence electrons. The first-order valence-corrected chi connectivity index (χ1v) is 8.89. The molecular formula is C18H22N4O4. The smallest absolute Gasteiger partial charge is 0.276 e. The van der Waals surface area contributed by atoms with Crippen LogP contribution in [0.3, 0.4) is 0 Å². The molecule has 8 heteroatoms. The van der Waals surface area contributed by atoms with E-state index >= 15 is 0 Å². The number of amides is 2. The molecule has 3 saturated heterocycles. The summed E-state index contributed by atoms with van der Waals surface area (Å²) in [5, 5.41) is 7.81. The van der Waals surface area contributed by atoms with E-state index in [2.05, 4.69) is 10.3 Å². The van der Waals surface area contributed by atoms with E-state index in [9.17, 15) is 9.59 Å². The van der Waals surface area contributed by atoms with Crippen LogP contribution in [0.4, 0.5) is 0 Å². The van der Waals surface area contributed by atoms with E-state index in [1.165, 1.54) is 0 Å². The number of fused-ring (bicyclic) bond motifs is 4. The van der Waals surface area contributed by atoms with E-state index in [0.29, 0.717) is 31.1 Å². The molecule has 0 unspecified atom stereocenters. The van der Waals surface area contributed by atoms with E-state index in [1.807, 2.05) is 18.7 Å². The van der Waals surface area contributed by atoms with Gasteiger partial charge in [0.1, 0.15) is 11.5 Å². The molecule has 3 aliphatic rings. The number of hydrogen-bond donors (Lipinski definition) is 0. The zero-order valence-electron chi connectivity index (χ0n) is 15.2. The van der Waals surface area contributed by atoms with Gasteiger partial charge in [-0.2, -0.15) is 0 Å². The molecular weight excluding hydrogens is 336 g/mol. The van der Waals surface area contributed by atoms with E-state index in [-0.39, 0.29) is 23.8 Å². The lowest BCUT2D eigenvalue weighted by molar-refractivity contribution is -0.140. The molecule has 0 N–H and O–H groups in total. The van der Waals surface area contributed by atoms with Gasteiger partial charge >= 0.3 is 0 Å². The SMILES string of the molecule is Cc1cc(C(=O)N2C[C@H]3CC[C@@H](C2)N(Cc2c(C)noc2C)C3=O)no1. The van der Waals surface area contributed by atoms with E-state index < -0.39 is 0 Å². The van der Waals surface area contributed by atoms with Gasteiger partial charge < -0.3 is 18.8 Å². The molecule has 8 nitrogen and oxygen atoms in total. The summed E-state index contributed by atoms with van der Waals surface area (Å²) < 4.78 is 10.3. The molecule has 2 aromatic rings. The van der Waals surface area contributed by atoms with Gasteiger partial charge in [0, 0.05) is 30.8 Å². The minimum Gasteiger partial charge on any atom is -0.361 e. The Morgan fingerprint density at radius 3 is 2.65 bits per heavy atom. The fourth-order valence-corrected chi connectivity index (χ4v) is 3.94. The van der Waals surface area contributed by atoms with Crippen LogP contribution >= 0.6 is 0 Å². The van der Waals surface area contributed by atoms with Crippen molar-refractivity contribution in [3.63, 3.8) is 0 Å². The van der Waals surface area contributed by atoms with Crippen LogP contribution < -0.4 is 0 Å². The van der Waals surface area contributed by atoms with Crippen LogP contribution in [-0.4, -0.2) is 51.1 Å². The first kappa shape index (κ1) is 16.8. The van der Waals surface area contributed by atoms with Gasteiger partial charge in [0.25, 0.3) is 5.91 Å². The fraction of sp³-hybridized carbons (Fsp3) is 0.556. The van der Waals surface area contributed by atoms with Gasteiger partial charge in [-0.3, -0.25) is 9.59 Å². The summed E-state index contributed by atoms with van der Waals surface area (Å²) in [5.41, 5.74) is 2.06. The van der Waals surface area contributed by atoms with Gasteiger partial charge in [-0.05, 0) is 33.6 Å². The Morgan fingerprint density at radius 1 is 1.19 bits per heavy atom. The second kappa shape index (κ2) is 6.26. The van der Waals surface area contributed by atoms with Crippen molar-refractivity contribution in [2.45, 2.75) is 46.2 Å². The van der Waals surface area contributed by atoms with Crippen LogP contribution in [-0.2, 0) is 11.3 Å². The molecule has 2 bridgehead atoms. The van der Waals surface area contributed by atoms with E-state index in [4.69, 9.17) is 9.05 Å². The summed E-state index contributed by atoms with van der Waals surface area (Å²) in [6.45, 7) is 6.92. The third-order valence-electron chi connectivity index (χ3n) is 5.44. The second-order valence-corrected chi connectivity index (χ2v) is 7.23. The summed E-state index contributed by atoms with van der Waals surface area (Å²) in [7, 11) is 0. The minimum absolute atomic E-state index is 0.00750. The molecule has 26 heavy (non-hydrogen) atoms. The Labute approximate surface area is 151 Å². The average molecular weight is 358 g/mol. The predicted octanol–water partition coefficient (Wildman–Crippen LogP) is 1.85. The molecule has 0 aromatic carbocycles. The maximum atomic E-state index is 13.0. The first-order valence-electron chi connectivity index (χ1n) is 8.89. The van der Waals surface area contributed by atoms with Crippen LogP contribution in [0, 0.1) is 26.7 Å². The largest absolute Gasteiger partial charge is 0.361 e. The molecule has 5 heterocycles. The third-order valence-corrected chi connectivity index (χ3v) is 5.44. The number of rotatable bonds is 3. The van der Waals surface area contributed by atoms with Crippen molar-refractivity contribution in [1.29, 1.82) is 0 Å². The van der Waals surface area contributed by atoms with Crippen LogP contribution in [0.15, 0.2) is 15.1 Å². The summed E-state index contributed by atoms with van der Waals surface area (Å²) in [6, 6.07) is 1.63. The van der Waals surface area contributed by atoms with Gasteiger partial charge in [0.2, 0.25) is 5.91 Å². The zero-order chi connectivity index (χ0) is 18.4. The number of carbonyl (C=O) groups excluding carboxylic acids is 2. The van der Waals surface area contributed by atoms with Crippen LogP contribution in [0.5, 0.6) is 0 Å². The molecule has 2 aromatic heterocycles. The lowest BCUT2D eigenvalue weighted by Crippen LogP contribution is -2.47. The topological polar surface area (TPSA) is 92.7 Å². The van der Waals surface area contributed by atoms with Crippen LogP contribution in [0.1, 0.15) is 46.1 Å². The molecule has 2 amide bonds. The highest BCUT2D eigenvalue weighted by Gasteiger charge is 2.42. The van der Waals surface area contributed by atoms with Crippen molar-refractivity contribution in [2.24, 2.45) is 5.92 Å². The average Bonchev–Trinajstić information content (AvgIpc) is 3.06. The Morgan fingerprint density at radius 2 is 2.00 bits per heavy atom. The van der Waals surface area contributed by atoms with Gasteiger partial charge in [-0.15, -0.1) is 0 Å². The highest BCUT2D eigenvalue weighted by atomic mass is 16.5. The Bertz CT molecular complexity index is 836. The maximum absolute atomic E-state index is 13.0. The van der Waals surface area contributed by atoms with Crippen molar-refractivity contribution in [2.75, 3.05) is 13.1 Å². The molecule has 3 aliphatic heterocycles. The van der Waals surface area contributed by atoms with Gasteiger partial charge in [-0.25, -0.2) is 0 Å². The van der Waals surface area contributed by atoms with Gasteiger partial charge in [-0.1, -0.05) is 10.3 Å². The van der Waals surface area contributed by atoms with Crippen molar-refractivity contribution in [3.05, 3.63) is 34.5 Å². The standard InChI is InChI=1S/C18H22N4O4/c1-10-6-16(20-25-10)18(24)21-7-13-4-5-14(8-21)22(17(13)23)9-15-11(2)19-26-12(15)3/h6,13-14H,4-5,7-9H2,1-3H3/t13-,14+/m1/s1. The second-order valence-electron chi connectivity index (χ2n) is 7.23. The first-order chi connectivity index (χ1) is 12.4. The summed E-state index contributed by atoms with van der Waals surface area (Å²) >= 11 is 0. The normalized spacial score (nSPS) is 22.8. The molecule has 3 fully saturated rings. The number of aryl methyl sites for hydroxylation is 3. The molecule has 0 saturated carbocycles. The van der Waals surface area contributed by atoms with E-state index in [0.717, 1.165) is 29.9 Å². The zero-order valence-corrected chi connectivity index (χ0v) is 15.2. The number of aromatic nitrogens is 2. The van der Waals surface area contributed by atoms with Gasteiger partial charge in [0.05, 0.1) is 18.2 Å². The molecule has 5 rings (SSSR count). The molecule has 2 atom stereocenters. The van der Waals surface area contributed by atoms with Crippen LogP contribution in [0.25, 0.3) is 0 Å². The Kier molecular flexibility index (Phi) is 4.05. The summed E-state index contributed by atoms with van der Waals surface area (Å²) in [6.07, 6.45) is 1.70. The highest BCUT2D eigenvalue weighted by Crippen LogP contribution is 2.32. The Balaban J connectivity index is 1.57. The lowest BCUT2D eigenvalue weighted by Gasteiger charge is -2.35. The Hall–Kier alpha value is -2.64. The quantitative estimate of drug-likeness (QED) is 0.831. The lowest BCUT2D eigenvalue weighted by atomic mass is 9.93. The highest BCUT2D eigenvalue weighted by molar-refractivity contribution is 5.93. The maximum Gasteiger partial charge on any atom is 0.276 e. The number of nitrogens with zero attached hydrogens (tertiary/aromatic N) is 4. The number of piperidine rings is 1. The molecule has 0 radical (unpaired) electrons. The summed E-state index contributed by atoms with van der Waals surface area (Å²) in [4.78, 5) is 29.4. The number of carbonyl (C=O) groups is 2. The fourth-order valence-electron chi connectivity index (χ4n) is 3.94. The van der Waals surface area contributed by atoms with E-state index in [1.54, 1.807) is 17.9 Å². The third kappa shape index (κ3) is 2.79. The van der Waals surface area contributed by atoms with Crippen molar-refractivity contribution in [1.82, 2.24) is 20.1 Å². The van der Waals surface area contributed by atoms with Crippen molar-refractivity contribution < 1.29 is 18.6 Å². The van der Waals surface area contributed by atoms with Gasteiger partial charge in [0.15, 0.2) is 5.69 Å². The summed E-state index contributed by atoms with van der Waals surface area (Å²) in [5.74, 6) is 1.09. The number of hydrogen-bond acceptors (Lipinski definition) is 6. The molecule has 0 aliphatic carbocycles. The minimum atomic E-state index is -0.175. The van der Waals surface area contributed by atoms with Crippen molar-refractivity contribution in [3.8, 4) is 0 Å². The monoisotopic (exact) mass is 358 g/mol. The predicted molar refractivity (Wildman–Crippen MR) is 90.2 cm³/mol.